The van der Waals surface area contributed by atoms with Gasteiger partial charge in [-0.3, -0.25) is 10.1 Å². The number of nitrogens with zero attached hydrogens (tertiary/aromatic N) is 1. The number of rotatable bonds is 2. The Balaban J connectivity index is 1.78. The van der Waals surface area contributed by atoms with Crippen molar-refractivity contribution in [3.05, 3.63) is 10.1 Å². The predicted molar refractivity (Wildman–Crippen MR) is 62.7 cm³/mol. The van der Waals surface area contributed by atoms with E-state index in [4.69, 9.17) is 5.73 Å². The molecular weight excluding hydrogens is 204 g/mol. The fraction of sp³-hybridized carbons (Fsp3) is 1.00. The molecule has 0 aromatic heterocycles. The van der Waals surface area contributed by atoms with Crippen LogP contribution in [0.4, 0.5) is 0 Å². The van der Waals surface area contributed by atoms with Crippen LogP contribution in [0.1, 0.15) is 51.4 Å². The average Bonchev–Trinajstić information content (AvgIpc) is 2.30. The minimum absolute atomic E-state index is 0.0903. The van der Waals surface area contributed by atoms with Gasteiger partial charge in [0, 0.05) is 23.8 Å². The fourth-order valence-corrected chi connectivity index (χ4v) is 3.40. The molecule has 2 fully saturated rings. The molecule has 2 aliphatic carbocycles. The van der Waals surface area contributed by atoms with Crippen LogP contribution in [0.2, 0.25) is 0 Å². The molecule has 0 unspecified atom stereocenters. The zero-order chi connectivity index (χ0) is 11.5. The van der Waals surface area contributed by atoms with E-state index in [0.717, 1.165) is 50.4 Å². The summed E-state index contributed by atoms with van der Waals surface area (Å²) in [5, 5.41) is 10.7. The Bertz CT molecular complexity index is 241. The first kappa shape index (κ1) is 11.8. The Kier molecular flexibility index (Phi) is 3.79. The molecule has 4 nitrogen and oxygen atoms in total. The lowest BCUT2D eigenvalue weighted by Gasteiger charge is -2.35. The van der Waals surface area contributed by atoms with Gasteiger partial charge in [0.15, 0.2) is 0 Å². The zero-order valence-corrected chi connectivity index (χ0v) is 9.81. The van der Waals surface area contributed by atoms with Crippen LogP contribution in [0.3, 0.4) is 0 Å². The molecule has 0 aromatic rings. The third kappa shape index (κ3) is 2.73. The van der Waals surface area contributed by atoms with Crippen LogP contribution in [0, 0.1) is 22.0 Å². The highest BCUT2D eigenvalue weighted by Gasteiger charge is 2.33. The SMILES string of the molecule is NC1CCC(C2CCC([N+](=O)[O-])CC2)CC1. The lowest BCUT2D eigenvalue weighted by atomic mass is 9.72. The zero-order valence-electron chi connectivity index (χ0n) is 9.81. The molecule has 0 atom stereocenters. The van der Waals surface area contributed by atoms with Gasteiger partial charge in [0.2, 0.25) is 6.04 Å². The van der Waals surface area contributed by atoms with Gasteiger partial charge < -0.3 is 5.73 Å². The molecule has 0 aromatic carbocycles. The van der Waals surface area contributed by atoms with E-state index in [-0.39, 0.29) is 11.0 Å². The summed E-state index contributed by atoms with van der Waals surface area (Å²) in [5.74, 6) is 1.54. The third-order valence-electron chi connectivity index (χ3n) is 4.52. The van der Waals surface area contributed by atoms with E-state index in [1.54, 1.807) is 0 Å². The summed E-state index contributed by atoms with van der Waals surface area (Å²) in [5.41, 5.74) is 5.90. The summed E-state index contributed by atoms with van der Waals surface area (Å²) in [6, 6.07) is 0.147. The first-order valence-electron chi connectivity index (χ1n) is 6.56. The third-order valence-corrected chi connectivity index (χ3v) is 4.52. The van der Waals surface area contributed by atoms with Gasteiger partial charge in [-0.15, -0.1) is 0 Å². The number of hydrogen-bond acceptors (Lipinski definition) is 3. The van der Waals surface area contributed by atoms with Crippen molar-refractivity contribution in [1.82, 2.24) is 0 Å². The molecule has 2 aliphatic rings. The van der Waals surface area contributed by atoms with Gasteiger partial charge in [-0.1, -0.05) is 0 Å². The maximum atomic E-state index is 10.7. The van der Waals surface area contributed by atoms with Gasteiger partial charge in [0.1, 0.15) is 0 Å². The van der Waals surface area contributed by atoms with Crippen molar-refractivity contribution in [3.63, 3.8) is 0 Å². The lowest BCUT2D eigenvalue weighted by Crippen LogP contribution is -2.33. The Morgan fingerprint density at radius 3 is 1.75 bits per heavy atom. The molecule has 0 bridgehead atoms. The highest BCUT2D eigenvalue weighted by atomic mass is 16.6. The maximum absolute atomic E-state index is 10.7. The van der Waals surface area contributed by atoms with E-state index in [0.29, 0.717) is 6.04 Å². The molecule has 16 heavy (non-hydrogen) atoms. The standard InChI is InChI=1S/C12H22N2O2/c13-11-5-1-9(2-6-11)10-3-7-12(8-4-10)14(15)16/h9-12H,1-8,13H2. The maximum Gasteiger partial charge on any atom is 0.213 e. The van der Waals surface area contributed by atoms with Gasteiger partial charge in [0.25, 0.3) is 0 Å². The van der Waals surface area contributed by atoms with E-state index in [1.165, 1.54) is 12.8 Å². The molecule has 0 heterocycles. The minimum atomic E-state index is -0.262. The second-order valence-electron chi connectivity index (χ2n) is 5.53. The quantitative estimate of drug-likeness (QED) is 0.580. The smallest absolute Gasteiger partial charge is 0.213 e. The summed E-state index contributed by atoms with van der Waals surface area (Å²) in [4.78, 5) is 10.6. The summed E-state index contributed by atoms with van der Waals surface area (Å²) in [6.45, 7) is 0. The van der Waals surface area contributed by atoms with Crippen LogP contribution in [-0.2, 0) is 0 Å². The Labute approximate surface area is 96.7 Å². The van der Waals surface area contributed by atoms with Gasteiger partial charge in [-0.25, -0.2) is 0 Å². The Morgan fingerprint density at radius 1 is 0.875 bits per heavy atom. The van der Waals surface area contributed by atoms with E-state index in [9.17, 15) is 10.1 Å². The van der Waals surface area contributed by atoms with Gasteiger partial charge in [0.05, 0.1) is 0 Å². The number of hydrogen-bond donors (Lipinski definition) is 1. The van der Waals surface area contributed by atoms with E-state index >= 15 is 0 Å². The largest absolute Gasteiger partial charge is 0.328 e. The second kappa shape index (κ2) is 5.13. The minimum Gasteiger partial charge on any atom is -0.328 e. The Morgan fingerprint density at radius 2 is 1.31 bits per heavy atom. The summed E-state index contributed by atoms with van der Waals surface area (Å²) in [6.07, 6.45) is 8.50. The van der Waals surface area contributed by atoms with Gasteiger partial charge >= 0.3 is 0 Å². The predicted octanol–water partition coefficient (Wildman–Crippen LogP) is 2.34. The Hall–Kier alpha value is -0.640. The van der Waals surface area contributed by atoms with Crippen LogP contribution in [0.5, 0.6) is 0 Å². The summed E-state index contributed by atoms with van der Waals surface area (Å²) in [7, 11) is 0. The van der Waals surface area contributed by atoms with Crippen molar-refractivity contribution in [2.45, 2.75) is 63.5 Å². The van der Waals surface area contributed by atoms with Crippen molar-refractivity contribution in [3.8, 4) is 0 Å². The molecule has 0 aliphatic heterocycles. The van der Waals surface area contributed by atoms with Crippen LogP contribution in [0.25, 0.3) is 0 Å². The molecule has 2 rings (SSSR count). The summed E-state index contributed by atoms with van der Waals surface area (Å²) >= 11 is 0. The molecule has 2 N–H and O–H groups in total. The van der Waals surface area contributed by atoms with Crippen molar-refractivity contribution in [2.75, 3.05) is 0 Å². The highest BCUT2D eigenvalue weighted by Crippen LogP contribution is 2.38. The topological polar surface area (TPSA) is 69.2 Å². The van der Waals surface area contributed by atoms with Crippen molar-refractivity contribution < 1.29 is 4.92 Å². The van der Waals surface area contributed by atoms with Crippen LogP contribution in [0.15, 0.2) is 0 Å². The van der Waals surface area contributed by atoms with E-state index in [1.807, 2.05) is 0 Å². The van der Waals surface area contributed by atoms with E-state index < -0.39 is 0 Å². The fourth-order valence-electron chi connectivity index (χ4n) is 3.40. The lowest BCUT2D eigenvalue weighted by molar-refractivity contribution is -0.527. The molecule has 0 spiro atoms. The molecule has 2 saturated carbocycles. The first-order chi connectivity index (χ1) is 7.66. The van der Waals surface area contributed by atoms with Gasteiger partial charge in [-0.2, -0.15) is 0 Å². The van der Waals surface area contributed by atoms with Crippen LogP contribution >= 0.6 is 0 Å². The molecule has 4 heteroatoms. The molecule has 0 saturated heterocycles. The van der Waals surface area contributed by atoms with Crippen LogP contribution in [-0.4, -0.2) is 17.0 Å². The molecule has 0 amide bonds. The highest BCUT2D eigenvalue weighted by molar-refractivity contribution is 4.82. The monoisotopic (exact) mass is 226 g/mol. The first-order valence-corrected chi connectivity index (χ1v) is 6.56. The van der Waals surface area contributed by atoms with Crippen molar-refractivity contribution in [1.29, 1.82) is 0 Å². The second-order valence-corrected chi connectivity index (χ2v) is 5.53. The summed E-state index contributed by atoms with van der Waals surface area (Å²) < 4.78 is 0. The molecule has 0 radical (unpaired) electrons. The van der Waals surface area contributed by atoms with E-state index in [2.05, 4.69) is 0 Å². The van der Waals surface area contributed by atoms with Gasteiger partial charge in [-0.05, 0) is 50.4 Å². The normalized spacial score (nSPS) is 40.6. The van der Waals surface area contributed by atoms with Crippen molar-refractivity contribution >= 4 is 0 Å². The molecule has 92 valence electrons. The average molecular weight is 226 g/mol. The molecular formula is C12H22N2O2. The number of nitro groups is 1. The van der Waals surface area contributed by atoms with Crippen LogP contribution < -0.4 is 5.73 Å². The number of nitrogens with two attached hydrogens (primary N) is 1. The van der Waals surface area contributed by atoms with Crippen molar-refractivity contribution in [2.24, 2.45) is 17.6 Å².